The standard InChI is InChI=1S/C28H28F2N10S/c1-17-13-40-22(18-11-32-39(14-18)16-23-34-21-7-6-20(29)25(30)26(21)35-23)12-31-28(40)27(33-17)36-24-10-19(37-41-24)15-38-8-4-2-3-5-9-38/h6-7,10-14H,2-5,8-9,15-16H2,1H3,(H,33,36)(H,34,35). The summed E-state index contributed by atoms with van der Waals surface area (Å²) in [6.07, 6.45) is 12.5. The average Bonchev–Trinajstić information content (AvgIpc) is 3.73. The maximum absolute atomic E-state index is 14.1. The molecule has 1 aliphatic rings. The Labute approximate surface area is 238 Å². The van der Waals surface area contributed by atoms with Crippen molar-refractivity contribution in [1.29, 1.82) is 0 Å². The Bertz CT molecular complexity index is 1840. The maximum Gasteiger partial charge on any atom is 0.186 e. The molecular formula is C28H28F2N10S. The quantitative estimate of drug-likeness (QED) is 0.253. The largest absolute Gasteiger partial charge is 0.340 e. The van der Waals surface area contributed by atoms with Gasteiger partial charge in [-0.2, -0.15) is 9.47 Å². The van der Waals surface area contributed by atoms with E-state index in [1.54, 1.807) is 17.1 Å². The third-order valence-corrected chi connectivity index (χ3v) is 8.08. The van der Waals surface area contributed by atoms with Gasteiger partial charge in [-0.25, -0.2) is 23.7 Å². The first-order chi connectivity index (χ1) is 20.0. The first-order valence-corrected chi connectivity index (χ1v) is 14.4. The summed E-state index contributed by atoms with van der Waals surface area (Å²) >= 11 is 1.43. The summed E-state index contributed by atoms with van der Waals surface area (Å²) in [5.74, 6) is -0.752. The predicted molar refractivity (Wildman–Crippen MR) is 153 cm³/mol. The first kappa shape index (κ1) is 25.7. The van der Waals surface area contributed by atoms with Crippen molar-refractivity contribution >= 4 is 39.0 Å². The van der Waals surface area contributed by atoms with E-state index in [1.807, 2.05) is 23.7 Å². The van der Waals surface area contributed by atoms with Gasteiger partial charge in [0.25, 0.3) is 0 Å². The molecule has 1 aromatic carbocycles. The van der Waals surface area contributed by atoms with Gasteiger partial charge >= 0.3 is 0 Å². The van der Waals surface area contributed by atoms with Crippen LogP contribution in [0.3, 0.4) is 0 Å². The minimum Gasteiger partial charge on any atom is -0.340 e. The molecular weight excluding hydrogens is 546 g/mol. The third kappa shape index (κ3) is 5.18. The number of rotatable bonds is 7. The second-order valence-electron chi connectivity index (χ2n) is 10.4. The van der Waals surface area contributed by atoms with Crippen LogP contribution in [0.2, 0.25) is 0 Å². The van der Waals surface area contributed by atoms with Gasteiger partial charge in [0.05, 0.1) is 41.5 Å². The molecule has 10 nitrogen and oxygen atoms in total. The molecule has 1 saturated heterocycles. The van der Waals surface area contributed by atoms with Crippen LogP contribution in [0.25, 0.3) is 27.9 Å². The molecule has 41 heavy (non-hydrogen) atoms. The van der Waals surface area contributed by atoms with Crippen LogP contribution >= 0.6 is 11.5 Å². The number of nitrogens with zero attached hydrogens (tertiary/aromatic N) is 8. The molecule has 1 aliphatic heterocycles. The summed E-state index contributed by atoms with van der Waals surface area (Å²) < 4.78 is 36.0. The molecule has 6 heterocycles. The molecule has 5 aromatic heterocycles. The van der Waals surface area contributed by atoms with Crippen LogP contribution in [0, 0.1) is 18.6 Å². The highest BCUT2D eigenvalue weighted by Gasteiger charge is 2.17. The van der Waals surface area contributed by atoms with Crippen LogP contribution in [-0.2, 0) is 13.1 Å². The number of aryl methyl sites for hydroxylation is 1. The highest BCUT2D eigenvalue weighted by Crippen LogP contribution is 2.28. The van der Waals surface area contributed by atoms with Gasteiger partial charge in [0.2, 0.25) is 0 Å². The number of likely N-dealkylation sites (tertiary alicyclic amines) is 1. The summed E-state index contributed by atoms with van der Waals surface area (Å²) in [7, 11) is 0. The van der Waals surface area contributed by atoms with Crippen LogP contribution in [0.5, 0.6) is 0 Å². The lowest BCUT2D eigenvalue weighted by Crippen LogP contribution is -2.24. The van der Waals surface area contributed by atoms with Gasteiger partial charge in [-0.3, -0.25) is 14.0 Å². The number of H-pyrrole nitrogens is 1. The molecule has 210 valence electrons. The zero-order valence-electron chi connectivity index (χ0n) is 22.4. The Hall–Kier alpha value is -4.23. The Morgan fingerprint density at radius 3 is 2.73 bits per heavy atom. The van der Waals surface area contributed by atoms with E-state index in [4.69, 9.17) is 4.98 Å². The molecule has 7 rings (SSSR count). The van der Waals surface area contributed by atoms with E-state index in [-0.39, 0.29) is 12.1 Å². The first-order valence-electron chi connectivity index (χ1n) is 13.7. The number of benzene rings is 1. The van der Waals surface area contributed by atoms with E-state index in [1.165, 1.54) is 43.3 Å². The number of imidazole rings is 2. The van der Waals surface area contributed by atoms with E-state index in [0.717, 1.165) is 53.3 Å². The fraction of sp³-hybridized carbons (Fsp3) is 0.321. The van der Waals surface area contributed by atoms with Crippen LogP contribution in [0.1, 0.15) is 42.9 Å². The minimum atomic E-state index is -0.961. The second kappa shape index (κ2) is 10.6. The SMILES string of the molecule is Cc1cn2c(-c3cnn(Cc4nc5c(F)c(F)ccc5[nH]4)c3)cnc2c(Nc2cc(CN3CCCCCC3)ns2)n1. The number of halogens is 2. The highest BCUT2D eigenvalue weighted by atomic mass is 32.1. The van der Waals surface area contributed by atoms with Crippen molar-refractivity contribution in [1.82, 2.24) is 43.4 Å². The van der Waals surface area contributed by atoms with Crippen LogP contribution < -0.4 is 5.32 Å². The third-order valence-electron chi connectivity index (χ3n) is 7.33. The van der Waals surface area contributed by atoms with Crippen molar-refractivity contribution in [2.45, 2.75) is 45.7 Å². The van der Waals surface area contributed by atoms with E-state index < -0.39 is 11.6 Å². The number of hydrogen-bond acceptors (Lipinski definition) is 8. The number of aromatic nitrogens is 8. The van der Waals surface area contributed by atoms with E-state index >= 15 is 0 Å². The van der Waals surface area contributed by atoms with Crippen molar-refractivity contribution in [2.24, 2.45) is 0 Å². The maximum atomic E-state index is 14.1. The van der Waals surface area contributed by atoms with Crippen molar-refractivity contribution in [3.05, 3.63) is 71.8 Å². The highest BCUT2D eigenvalue weighted by molar-refractivity contribution is 7.10. The molecule has 6 aromatic rings. The van der Waals surface area contributed by atoms with Crippen molar-refractivity contribution in [3.8, 4) is 11.3 Å². The van der Waals surface area contributed by atoms with E-state index in [9.17, 15) is 8.78 Å². The summed E-state index contributed by atoms with van der Waals surface area (Å²) in [4.78, 5) is 19.1. The summed E-state index contributed by atoms with van der Waals surface area (Å²) in [6, 6.07) is 4.66. The van der Waals surface area contributed by atoms with Gasteiger partial charge in [-0.15, -0.1) is 0 Å². The Kier molecular flexibility index (Phi) is 6.67. The molecule has 0 spiro atoms. The van der Waals surface area contributed by atoms with Crippen molar-refractivity contribution < 1.29 is 8.78 Å². The number of nitrogens with one attached hydrogen (secondary N) is 2. The van der Waals surface area contributed by atoms with Crippen LogP contribution in [0.15, 0.2) is 43.0 Å². The molecule has 0 saturated carbocycles. The van der Waals surface area contributed by atoms with Gasteiger partial charge in [0.1, 0.15) is 16.3 Å². The zero-order chi connectivity index (χ0) is 27.9. The molecule has 13 heteroatoms. The summed E-state index contributed by atoms with van der Waals surface area (Å²) in [6.45, 7) is 5.34. The topological polar surface area (TPSA) is 105 Å². The molecule has 0 bridgehead atoms. The van der Waals surface area contributed by atoms with Gasteiger partial charge in [0.15, 0.2) is 23.1 Å². The second-order valence-corrected chi connectivity index (χ2v) is 11.2. The lowest BCUT2D eigenvalue weighted by molar-refractivity contribution is 0.274. The Balaban J connectivity index is 1.11. The Morgan fingerprint density at radius 2 is 1.88 bits per heavy atom. The van der Waals surface area contributed by atoms with Crippen molar-refractivity contribution in [3.63, 3.8) is 0 Å². The lowest BCUT2D eigenvalue weighted by atomic mass is 10.2. The zero-order valence-corrected chi connectivity index (χ0v) is 23.3. The van der Waals surface area contributed by atoms with Gasteiger partial charge in [-0.05, 0) is 62.6 Å². The predicted octanol–water partition coefficient (Wildman–Crippen LogP) is 5.68. The van der Waals surface area contributed by atoms with Crippen LogP contribution in [-0.4, -0.2) is 56.5 Å². The van der Waals surface area contributed by atoms with Gasteiger partial charge in [0, 0.05) is 24.5 Å². The normalized spacial score (nSPS) is 14.7. The monoisotopic (exact) mass is 574 g/mol. The fourth-order valence-corrected chi connectivity index (χ4v) is 6.03. The number of hydrogen-bond donors (Lipinski definition) is 2. The van der Waals surface area contributed by atoms with E-state index in [0.29, 0.717) is 22.8 Å². The fourth-order valence-electron chi connectivity index (χ4n) is 5.37. The van der Waals surface area contributed by atoms with Gasteiger partial charge in [-0.1, -0.05) is 12.8 Å². The smallest absolute Gasteiger partial charge is 0.186 e. The minimum absolute atomic E-state index is 0.0211. The molecule has 0 radical (unpaired) electrons. The number of anilines is 2. The molecule has 0 amide bonds. The number of fused-ring (bicyclic) bond motifs is 2. The van der Waals surface area contributed by atoms with Crippen LogP contribution in [0.4, 0.5) is 19.6 Å². The molecule has 1 fully saturated rings. The number of aromatic amines is 1. The summed E-state index contributed by atoms with van der Waals surface area (Å²) in [5.41, 5.74) is 4.70. The average molecular weight is 575 g/mol. The lowest BCUT2D eigenvalue weighted by Gasteiger charge is -2.17. The van der Waals surface area contributed by atoms with Crippen molar-refractivity contribution in [2.75, 3.05) is 18.4 Å². The van der Waals surface area contributed by atoms with Gasteiger partial charge < -0.3 is 10.3 Å². The molecule has 0 aliphatic carbocycles. The molecule has 0 unspecified atom stereocenters. The Morgan fingerprint density at radius 1 is 1.02 bits per heavy atom. The summed E-state index contributed by atoms with van der Waals surface area (Å²) in [5, 5.41) is 8.82. The molecule has 0 atom stereocenters. The molecule has 2 N–H and O–H groups in total. The van der Waals surface area contributed by atoms with E-state index in [2.05, 4.69) is 40.7 Å².